The minimum Gasteiger partial charge on any atom is -0.476 e. The van der Waals surface area contributed by atoms with Crippen molar-refractivity contribution in [1.82, 2.24) is 10.3 Å². The van der Waals surface area contributed by atoms with Gasteiger partial charge in [-0.05, 0) is 26.0 Å². The van der Waals surface area contributed by atoms with Crippen molar-refractivity contribution in [1.29, 1.82) is 0 Å². The van der Waals surface area contributed by atoms with E-state index in [1.54, 1.807) is 13.0 Å². The monoisotopic (exact) mass is 280 g/mol. The highest BCUT2D eigenvalue weighted by Gasteiger charge is 2.18. The summed E-state index contributed by atoms with van der Waals surface area (Å²) >= 11 is 0.994. The average Bonchev–Trinajstić information content (AvgIpc) is 2.96. The first-order chi connectivity index (χ1) is 8.97. The Bertz CT molecular complexity index is 617. The van der Waals surface area contributed by atoms with Gasteiger partial charge >= 0.3 is 5.97 Å². The van der Waals surface area contributed by atoms with Crippen LogP contribution < -0.4 is 5.32 Å². The lowest BCUT2D eigenvalue weighted by molar-refractivity contribution is 0.0691. The normalized spacial score (nSPS) is 12.1. The van der Waals surface area contributed by atoms with Crippen molar-refractivity contribution in [2.75, 3.05) is 0 Å². The van der Waals surface area contributed by atoms with Gasteiger partial charge in [0.05, 0.1) is 6.04 Å². The Labute approximate surface area is 113 Å². The highest BCUT2D eigenvalue weighted by Crippen LogP contribution is 2.17. The summed E-state index contributed by atoms with van der Waals surface area (Å²) in [5.41, 5.74) is -0.128. The van der Waals surface area contributed by atoms with Crippen molar-refractivity contribution < 1.29 is 19.1 Å². The molecule has 0 spiro atoms. The number of nitrogens with zero attached hydrogens (tertiary/aromatic N) is 1. The van der Waals surface area contributed by atoms with Gasteiger partial charge in [-0.15, -0.1) is 11.3 Å². The number of carboxylic acid groups (broad SMARTS) is 1. The Balaban J connectivity index is 2.06. The number of thiazole rings is 1. The van der Waals surface area contributed by atoms with E-state index >= 15 is 0 Å². The van der Waals surface area contributed by atoms with E-state index in [0.717, 1.165) is 17.1 Å². The molecule has 0 radical (unpaired) electrons. The van der Waals surface area contributed by atoms with Crippen LogP contribution in [-0.4, -0.2) is 22.0 Å². The third-order valence-corrected chi connectivity index (χ3v) is 3.29. The van der Waals surface area contributed by atoms with E-state index in [4.69, 9.17) is 9.52 Å². The van der Waals surface area contributed by atoms with Gasteiger partial charge in [-0.2, -0.15) is 0 Å². The summed E-state index contributed by atoms with van der Waals surface area (Å²) in [7, 11) is 0. The Morgan fingerprint density at radius 2 is 2.21 bits per heavy atom. The van der Waals surface area contributed by atoms with Gasteiger partial charge in [-0.25, -0.2) is 9.78 Å². The number of rotatable bonds is 4. The summed E-state index contributed by atoms with van der Waals surface area (Å²) in [6.45, 7) is 3.60. The van der Waals surface area contributed by atoms with Crippen LogP contribution >= 0.6 is 11.3 Å². The summed E-state index contributed by atoms with van der Waals surface area (Å²) in [4.78, 5) is 26.3. The maximum Gasteiger partial charge on any atom is 0.355 e. The molecule has 1 atom stereocenters. The molecule has 1 unspecified atom stereocenters. The van der Waals surface area contributed by atoms with Gasteiger partial charge in [0.25, 0.3) is 5.91 Å². The molecule has 0 aromatic carbocycles. The maximum absolute atomic E-state index is 11.9. The van der Waals surface area contributed by atoms with Crippen molar-refractivity contribution >= 4 is 23.2 Å². The lowest BCUT2D eigenvalue weighted by Crippen LogP contribution is -2.26. The van der Waals surface area contributed by atoms with Crippen LogP contribution in [0.4, 0.5) is 0 Å². The van der Waals surface area contributed by atoms with Crippen LogP contribution in [0, 0.1) is 6.92 Å². The molecule has 2 aromatic rings. The predicted octanol–water partition coefficient (Wildman–Crippen LogP) is 2.23. The molecule has 2 aromatic heterocycles. The molecular formula is C12H12N2O4S. The minimum atomic E-state index is -1.15. The molecule has 2 heterocycles. The molecule has 0 bridgehead atoms. The van der Waals surface area contributed by atoms with E-state index in [1.807, 2.05) is 13.0 Å². The average molecular weight is 280 g/mol. The van der Waals surface area contributed by atoms with E-state index in [2.05, 4.69) is 10.3 Å². The van der Waals surface area contributed by atoms with Crippen LogP contribution in [0.15, 0.2) is 21.9 Å². The molecule has 1 amide bonds. The number of hydrogen-bond acceptors (Lipinski definition) is 5. The molecule has 2 N–H and O–H groups in total. The van der Waals surface area contributed by atoms with Gasteiger partial charge in [0.2, 0.25) is 0 Å². The summed E-state index contributed by atoms with van der Waals surface area (Å²) < 4.78 is 5.40. The van der Waals surface area contributed by atoms with Gasteiger partial charge in [0.15, 0.2) is 10.7 Å². The van der Waals surface area contributed by atoms with Crippen LogP contribution in [0.5, 0.6) is 0 Å². The number of furan rings is 1. The van der Waals surface area contributed by atoms with Crippen LogP contribution in [-0.2, 0) is 0 Å². The quantitative estimate of drug-likeness (QED) is 0.896. The van der Waals surface area contributed by atoms with E-state index < -0.39 is 11.9 Å². The fraction of sp³-hybridized carbons (Fsp3) is 0.250. The van der Waals surface area contributed by atoms with Gasteiger partial charge < -0.3 is 14.8 Å². The zero-order chi connectivity index (χ0) is 14.0. The fourth-order valence-electron chi connectivity index (χ4n) is 1.49. The number of amides is 1. The molecule has 2 rings (SSSR count). The third kappa shape index (κ3) is 3.00. The number of nitrogens with one attached hydrogen (secondary N) is 1. The molecule has 0 saturated heterocycles. The first kappa shape index (κ1) is 13.3. The van der Waals surface area contributed by atoms with Gasteiger partial charge in [-0.3, -0.25) is 4.79 Å². The first-order valence-corrected chi connectivity index (χ1v) is 6.41. The van der Waals surface area contributed by atoms with Crippen molar-refractivity contribution in [2.45, 2.75) is 19.9 Å². The molecule has 7 heteroatoms. The highest BCUT2D eigenvalue weighted by atomic mass is 32.1. The lowest BCUT2D eigenvalue weighted by atomic mass is 10.2. The predicted molar refractivity (Wildman–Crippen MR) is 68.4 cm³/mol. The molecule has 0 aliphatic rings. The van der Waals surface area contributed by atoms with Gasteiger partial charge in [-0.1, -0.05) is 0 Å². The molecule has 0 aliphatic heterocycles. The Morgan fingerprint density at radius 3 is 2.74 bits per heavy atom. The number of aromatic nitrogens is 1. The molecule has 0 aliphatic carbocycles. The van der Waals surface area contributed by atoms with Crippen LogP contribution in [0.2, 0.25) is 0 Å². The molecule has 19 heavy (non-hydrogen) atoms. The zero-order valence-electron chi connectivity index (χ0n) is 10.3. The summed E-state index contributed by atoms with van der Waals surface area (Å²) in [5.74, 6) is -0.163. The topological polar surface area (TPSA) is 92.4 Å². The second-order valence-electron chi connectivity index (χ2n) is 3.99. The van der Waals surface area contributed by atoms with Crippen molar-refractivity contribution in [3.63, 3.8) is 0 Å². The largest absolute Gasteiger partial charge is 0.476 e. The lowest BCUT2D eigenvalue weighted by Gasteiger charge is -2.09. The second kappa shape index (κ2) is 5.23. The van der Waals surface area contributed by atoms with Crippen LogP contribution in [0.25, 0.3) is 0 Å². The molecule has 100 valence electrons. The van der Waals surface area contributed by atoms with E-state index in [0.29, 0.717) is 5.76 Å². The maximum atomic E-state index is 11.9. The molecular weight excluding hydrogens is 268 g/mol. The number of aromatic carboxylic acids is 1. The number of aryl methyl sites for hydroxylation is 1. The van der Waals surface area contributed by atoms with E-state index in [9.17, 15) is 9.59 Å². The van der Waals surface area contributed by atoms with Gasteiger partial charge in [0, 0.05) is 5.38 Å². The highest BCUT2D eigenvalue weighted by molar-refractivity contribution is 7.11. The van der Waals surface area contributed by atoms with Crippen molar-refractivity contribution in [2.24, 2.45) is 0 Å². The number of carboxylic acids is 1. The third-order valence-electron chi connectivity index (χ3n) is 2.45. The number of carbonyl (C=O) groups is 2. The van der Waals surface area contributed by atoms with Gasteiger partial charge in [0.1, 0.15) is 11.5 Å². The summed E-state index contributed by atoms with van der Waals surface area (Å²) in [6, 6.07) is 3.28. The van der Waals surface area contributed by atoms with E-state index in [-0.39, 0.29) is 16.7 Å². The summed E-state index contributed by atoms with van der Waals surface area (Å²) in [6.07, 6.45) is 0. The Morgan fingerprint density at radius 1 is 1.47 bits per heavy atom. The molecule has 0 fully saturated rings. The van der Waals surface area contributed by atoms with Crippen molar-refractivity contribution in [3.8, 4) is 0 Å². The molecule has 0 saturated carbocycles. The van der Waals surface area contributed by atoms with Crippen LogP contribution in [0.1, 0.15) is 44.8 Å². The fourth-order valence-corrected chi connectivity index (χ4v) is 2.19. The first-order valence-electron chi connectivity index (χ1n) is 5.53. The second-order valence-corrected chi connectivity index (χ2v) is 4.84. The standard InChI is InChI=1S/C12H12N2O4S/c1-6-3-4-9(18-6)7(2)13-10(15)11-14-8(5-19-11)12(16)17/h3-5,7H,1-2H3,(H,13,15)(H,16,17). The number of hydrogen-bond donors (Lipinski definition) is 2. The smallest absolute Gasteiger partial charge is 0.355 e. The minimum absolute atomic E-state index is 0.118. The van der Waals surface area contributed by atoms with Crippen molar-refractivity contribution in [3.05, 3.63) is 39.7 Å². The SMILES string of the molecule is Cc1ccc(C(C)NC(=O)c2nc(C(=O)O)cs2)o1. The molecule has 6 nitrogen and oxygen atoms in total. The van der Waals surface area contributed by atoms with E-state index in [1.165, 1.54) is 5.38 Å². The summed E-state index contributed by atoms with van der Waals surface area (Å²) in [5, 5.41) is 12.9. The Kier molecular flexibility index (Phi) is 3.66. The Hall–Kier alpha value is -2.15. The zero-order valence-corrected chi connectivity index (χ0v) is 11.2. The van der Waals surface area contributed by atoms with Crippen LogP contribution in [0.3, 0.4) is 0 Å². The number of carbonyl (C=O) groups excluding carboxylic acids is 1.